The monoisotopic (exact) mass is 277 g/mol. The first-order valence-corrected chi connectivity index (χ1v) is 7.64. The highest BCUT2D eigenvalue weighted by molar-refractivity contribution is 5.24. The molecular formula is C15H23N3O2. The van der Waals surface area contributed by atoms with Gasteiger partial charge in [-0.2, -0.15) is 0 Å². The molecule has 0 amide bonds. The predicted molar refractivity (Wildman–Crippen MR) is 76.5 cm³/mol. The van der Waals surface area contributed by atoms with Crippen molar-refractivity contribution in [3.05, 3.63) is 18.0 Å². The van der Waals surface area contributed by atoms with Gasteiger partial charge in [-0.3, -0.25) is 0 Å². The number of rotatable bonds is 6. The number of aromatic nitrogens is 2. The molecule has 1 N–H and O–H groups in total. The number of hydrogen-bond donors (Lipinski definition) is 1. The van der Waals surface area contributed by atoms with Gasteiger partial charge in [-0.1, -0.05) is 19.3 Å². The largest absolute Gasteiger partial charge is 0.376 e. The molecule has 5 heteroatoms. The number of hydrogen-bond acceptors (Lipinski definition) is 5. The van der Waals surface area contributed by atoms with Gasteiger partial charge >= 0.3 is 0 Å². The van der Waals surface area contributed by atoms with E-state index in [9.17, 15) is 0 Å². The van der Waals surface area contributed by atoms with Crippen LogP contribution in [0.2, 0.25) is 0 Å². The van der Waals surface area contributed by atoms with Gasteiger partial charge in [0, 0.05) is 24.5 Å². The standard InChI is InChI=1S/C15H23N3O2/c1-2-4-12(5-3-1)6-16-15-17-7-13(8-18-15)9-20-14-10-19-11-14/h7-8,12,14H,1-6,9-11H2,(H,16,17,18). The Morgan fingerprint density at radius 3 is 2.55 bits per heavy atom. The molecule has 1 aliphatic carbocycles. The van der Waals surface area contributed by atoms with Crippen LogP contribution in [0.1, 0.15) is 37.7 Å². The molecule has 0 spiro atoms. The van der Waals surface area contributed by atoms with Gasteiger partial charge in [0.2, 0.25) is 5.95 Å². The zero-order valence-corrected chi connectivity index (χ0v) is 11.9. The summed E-state index contributed by atoms with van der Waals surface area (Å²) in [7, 11) is 0. The Hall–Kier alpha value is -1.20. The zero-order valence-electron chi connectivity index (χ0n) is 11.9. The highest BCUT2D eigenvalue weighted by Crippen LogP contribution is 2.23. The third-order valence-electron chi connectivity index (χ3n) is 4.07. The first kappa shape index (κ1) is 13.8. The van der Waals surface area contributed by atoms with E-state index in [0.29, 0.717) is 19.8 Å². The topological polar surface area (TPSA) is 56.3 Å². The maximum absolute atomic E-state index is 5.63. The molecule has 2 fully saturated rings. The Labute approximate surface area is 120 Å². The predicted octanol–water partition coefficient (Wildman–Crippen LogP) is 2.38. The van der Waals surface area contributed by atoms with Gasteiger partial charge in [0.05, 0.1) is 19.8 Å². The minimum absolute atomic E-state index is 0.249. The molecule has 2 aliphatic rings. The number of nitrogens with zero attached hydrogens (tertiary/aromatic N) is 2. The van der Waals surface area contributed by atoms with Gasteiger partial charge in [-0.15, -0.1) is 0 Å². The SMILES string of the molecule is c1nc(NCC2CCCCC2)ncc1COC1COC1. The van der Waals surface area contributed by atoms with Gasteiger partial charge in [0.15, 0.2) is 0 Å². The summed E-state index contributed by atoms with van der Waals surface area (Å²) in [6.45, 7) is 2.98. The van der Waals surface area contributed by atoms with Crippen molar-refractivity contribution in [2.75, 3.05) is 25.1 Å². The van der Waals surface area contributed by atoms with E-state index in [2.05, 4.69) is 15.3 Å². The fourth-order valence-corrected chi connectivity index (χ4v) is 2.67. The van der Waals surface area contributed by atoms with Crippen molar-refractivity contribution in [3.8, 4) is 0 Å². The summed E-state index contributed by atoms with van der Waals surface area (Å²) in [5.74, 6) is 1.51. The van der Waals surface area contributed by atoms with E-state index in [0.717, 1.165) is 24.0 Å². The summed E-state index contributed by atoms with van der Waals surface area (Å²) < 4.78 is 10.7. The molecule has 20 heavy (non-hydrogen) atoms. The van der Waals surface area contributed by atoms with Gasteiger partial charge in [-0.25, -0.2) is 9.97 Å². The van der Waals surface area contributed by atoms with Gasteiger partial charge in [0.1, 0.15) is 6.10 Å². The van der Waals surface area contributed by atoms with Gasteiger partial charge < -0.3 is 14.8 Å². The van der Waals surface area contributed by atoms with Crippen LogP contribution >= 0.6 is 0 Å². The molecule has 110 valence electrons. The fourth-order valence-electron chi connectivity index (χ4n) is 2.67. The Morgan fingerprint density at radius 2 is 1.90 bits per heavy atom. The normalized spacial score (nSPS) is 20.6. The van der Waals surface area contributed by atoms with Crippen molar-refractivity contribution in [1.82, 2.24) is 9.97 Å². The lowest BCUT2D eigenvalue weighted by Gasteiger charge is -2.25. The second kappa shape index (κ2) is 6.99. The molecule has 3 rings (SSSR count). The molecule has 0 radical (unpaired) electrons. The maximum Gasteiger partial charge on any atom is 0.222 e. The van der Waals surface area contributed by atoms with Gasteiger partial charge in [-0.05, 0) is 18.8 Å². The van der Waals surface area contributed by atoms with Crippen molar-refractivity contribution < 1.29 is 9.47 Å². The molecule has 1 aliphatic heterocycles. The quantitative estimate of drug-likeness (QED) is 0.865. The van der Waals surface area contributed by atoms with Crippen molar-refractivity contribution >= 4 is 5.95 Å². The van der Waals surface area contributed by atoms with E-state index in [-0.39, 0.29) is 6.10 Å². The Morgan fingerprint density at radius 1 is 1.15 bits per heavy atom. The minimum atomic E-state index is 0.249. The maximum atomic E-state index is 5.63. The first-order valence-electron chi connectivity index (χ1n) is 7.64. The lowest BCUT2D eigenvalue weighted by molar-refractivity contribution is -0.135. The Kier molecular flexibility index (Phi) is 4.82. The van der Waals surface area contributed by atoms with E-state index in [1.807, 2.05) is 12.4 Å². The van der Waals surface area contributed by atoms with Crippen LogP contribution < -0.4 is 5.32 Å². The van der Waals surface area contributed by atoms with Crippen LogP contribution in [0.5, 0.6) is 0 Å². The van der Waals surface area contributed by atoms with E-state index < -0.39 is 0 Å². The molecular weight excluding hydrogens is 254 g/mol. The zero-order chi connectivity index (χ0) is 13.6. The van der Waals surface area contributed by atoms with Crippen molar-refractivity contribution in [1.29, 1.82) is 0 Å². The molecule has 5 nitrogen and oxygen atoms in total. The lowest BCUT2D eigenvalue weighted by Crippen LogP contribution is -2.35. The fraction of sp³-hybridized carbons (Fsp3) is 0.733. The second-order valence-corrected chi connectivity index (χ2v) is 5.77. The van der Waals surface area contributed by atoms with Crippen LogP contribution in [-0.2, 0) is 16.1 Å². The van der Waals surface area contributed by atoms with Crippen LogP contribution in [0.15, 0.2) is 12.4 Å². The molecule has 0 atom stereocenters. The van der Waals surface area contributed by atoms with E-state index in [4.69, 9.17) is 9.47 Å². The molecule has 1 saturated carbocycles. The summed E-state index contributed by atoms with van der Waals surface area (Å²) >= 11 is 0. The smallest absolute Gasteiger partial charge is 0.222 e. The average molecular weight is 277 g/mol. The van der Waals surface area contributed by atoms with Crippen LogP contribution in [0.3, 0.4) is 0 Å². The van der Waals surface area contributed by atoms with E-state index in [1.165, 1.54) is 32.1 Å². The number of nitrogens with one attached hydrogen (secondary N) is 1. The highest BCUT2D eigenvalue weighted by atomic mass is 16.6. The van der Waals surface area contributed by atoms with E-state index in [1.54, 1.807) is 0 Å². The Bertz CT molecular complexity index is 400. The molecule has 0 aromatic carbocycles. The second-order valence-electron chi connectivity index (χ2n) is 5.77. The average Bonchev–Trinajstić information content (AvgIpc) is 2.46. The summed E-state index contributed by atoms with van der Waals surface area (Å²) in [6.07, 6.45) is 10.7. The van der Waals surface area contributed by atoms with Gasteiger partial charge in [0.25, 0.3) is 0 Å². The van der Waals surface area contributed by atoms with Crippen LogP contribution in [0, 0.1) is 5.92 Å². The molecule has 1 aromatic heterocycles. The number of anilines is 1. The highest BCUT2D eigenvalue weighted by Gasteiger charge is 2.18. The van der Waals surface area contributed by atoms with Crippen molar-refractivity contribution in [3.63, 3.8) is 0 Å². The summed E-state index contributed by atoms with van der Waals surface area (Å²) in [6, 6.07) is 0. The molecule has 0 bridgehead atoms. The summed E-state index contributed by atoms with van der Waals surface area (Å²) in [4.78, 5) is 8.70. The van der Waals surface area contributed by atoms with Crippen LogP contribution in [-0.4, -0.2) is 35.8 Å². The molecule has 2 heterocycles. The summed E-state index contributed by atoms with van der Waals surface area (Å²) in [5, 5.41) is 3.35. The third kappa shape index (κ3) is 3.90. The number of ether oxygens (including phenoxy) is 2. The molecule has 1 saturated heterocycles. The van der Waals surface area contributed by atoms with Crippen LogP contribution in [0.25, 0.3) is 0 Å². The first-order chi connectivity index (χ1) is 9.90. The molecule has 1 aromatic rings. The Balaban J connectivity index is 1.40. The summed E-state index contributed by atoms with van der Waals surface area (Å²) in [5.41, 5.74) is 1.01. The third-order valence-corrected chi connectivity index (χ3v) is 4.07. The van der Waals surface area contributed by atoms with Crippen LogP contribution in [0.4, 0.5) is 5.95 Å². The lowest BCUT2D eigenvalue weighted by atomic mass is 9.89. The van der Waals surface area contributed by atoms with Crippen molar-refractivity contribution in [2.45, 2.75) is 44.8 Å². The minimum Gasteiger partial charge on any atom is -0.376 e. The molecule has 0 unspecified atom stereocenters. The van der Waals surface area contributed by atoms with E-state index >= 15 is 0 Å². The van der Waals surface area contributed by atoms with Crippen molar-refractivity contribution in [2.24, 2.45) is 5.92 Å².